The zero-order chi connectivity index (χ0) is 22.6. The van der Waals surface area contributed by atoms with Gasteiger partial charge >= 0.3 is 0 Å². The molecular weight excluding hydrogens is 428 g/mol. The molecule has 3 heterocycles. The second-order valence-corrected chi connectivity index (χ2v) is 8.20. The Bertz CT molecular complexity index is 1440. The average Bonchev–Trinajstić information content (AvgIpc) is 2.97. The van der Waals surface area contributed by atoms with Crippen molar-refractivity contribution < 1.29 is 9.53 Å². The molecule has 0 radical (unpaired) electrons. The number of carbonyl (C=O) groups excluding carboxylic acids is 1. The van der Waals surface area contributed by atoms with Crippen LogP contribution >= 0.6 is 11.6 Å². The van der Waals surface area contributed by atoms with Crippen LogP contribution in [-0.2, 0) is 16.8 Å². The van der Waals surface area contributed by atoms with E-state index in [0.29, 0.717) is 22.0 Å². The molecular formula is C24H17ClN4O3. The Hall–Kier alpha value is -4.02. The smallest absolute Gasteiger partial charge is 0.256 e. The number of anilines is 1. The summed E-state index contributed by atoms with van der Waals surface area (Å²) in [4.78, 5) is 31.7. The summed E-state index contributed by atoms with van der Waals surface area (Å²) in [5.74, 6) is -0.481. The fraction of sp³-hybridized carbons (Fsp3) is 0.125. The number of pyridine rings is 1. The first-order chi connectivity index (χ1) is 15.4. The zero-order valence-electron chi connectivity index (χ0n) is 17.0. The number of hydrogen-bond acceptors (Lipinski definition) is 5. The third-order valence-electron chi connectivity index (χ3n) is 5.85. The van der Waals surface area contributed by atoms with Crippen LogP contribution in [0.2, 0.25) is 5.02 Å². The third-order valence-corrected chi connectivity index (χ3v) is 6.09. The quantitative estimate of drug-likeness (QED) is 0.630. The lowest BCUT2D eigenvalue weighted by molar-refractivity contribution is -0.121. The molecule has 158 valence electrons. The van der Waals surface area contributed by atoms with E-state index < -0.39 is 16.9 Å². The van der Waals surface area contributed by atoms with Crippen LogP contribution in [0.25, 0.3) is 0 Å². The molecule has 0 bridgehead atoms. The van der Waals surface area contributed by atoms with Gasteiger partial charge in [0.2, 0.25) is 11.8 Å². The summed E-state index contributed by atoms with van der Waals surface area (Å²) < 4.78 is 5.64. The van der Waals surface area contributed by atoms with Gasteiger partial charge in [-0.05, 0) is 30.7 Å². The van der Waals surface area contributed by atoms with E-state index in [-0.39, 0.29) is 29.3 Å². The molecule has 0 saturated heterocycles. The number of aromatic amines is 1. The predicted molar refractivity (Wildman–Crippen MR) is 119 cm³/mol. The van der Waals surface area contributed by atoms with Crippen LogP contribution in [0, 0.1) is 18.3 Å². The number of para-hydroxylation sites is 1. The molecule has 0 saturated carbocycles. The van der Waals surface area contributed by atoms with E-state index in [2.05, 4.69) is 4.98 Å². The molecule has 0 aliphatic carbocycles. The number of nitriles is 1. The van der Waals surface area contributed by atoms with E-state index in [0.717, 1.165) is 5.56 Å². The maximum Gasteiger partial charge on any atom is 0.256 e. The van der Waals surface area contributed by atoms with Crippen LogP contribution in [-0.4, -0.2) is 10.9 Å². The molecule has 1 spiro atoms. The van der Waals surface area contributed by atoms with Crippen molar-refractivity contribution in [2.75, 3.05) is 4.90 Å². The monoisotopic (exact) mass is 444 g/mol. The Morgan fingerprint density at radius 2 is 1.97 bits per heavy atom. The number of benzene rings is 2. The van der Waals surface area contributed by atoms with E-state index in [4.69, 9.17) is 22.1 Å². The molecule has 1 unspecified atom stereocenters. The average molecular weight is 445 g/mol. The topological polar surface area (TPSA) is 112 Å². The van der Waals surface area contributed by atoms with Crippen LogP contribution in [0.5, 0.6) is 5.75 Å². The number of rotatable bonds is 2. The SMILES string of the molecule is Cc1cc2c(c(=O)[nH]1)C1(C(=O)N(Cc3cccc(Cl)c3)c3ccccc31)C(C#N)=C(N)O2. The van der Waals surface area contributed by atoms with Crippen molar-refractivity contribution in [1.29, 1.82) is 5.26 Å². The maximum absolute atomic E-state index is 14.2. The minimum absolute atomic E-state index is 0.0555. The van der Waals surface area contributed by atoms with Crippen LogP contribution < -0.4 is 20.9 Å². The highest BCUT2D eigenvalue weighted by Crippen LogP contribution is 2.54. The molecule has 3 N–H and O–H groups in total. The minimum atomic E-state index is -1.71. The Balaban J connectivity index is 1.82. The van der Waals surface area contributed by atoms with E-state index in [1.54, 1.807) is 60.4 Å². The number of nitrogens with two attached hydrogens (primary N) is 1. The Morgan fingerprint density at radius 3 is 2.72 bits per heavy atom. The molecule has 2 aliphatic heterocycles. The second-order valence-electron chi connectivity index (χ2n) is 7.76. The van der Waals surface area contributed by atoms with Crippen LogP contribution in [0.3, 0.4) is 0 Å². The molecule has 3 aromatic rings. The van der Waals surface area contributed by atoms with Gasteiger partial charge in [0.1, 0.15) is 17.4 Å². The van der Waals surface area contributed by atoms with Gasteiger partial charge in [0.25, 0.3) is 5.56 Å². The Kier molecular flexibility index (Phi) is 4.36. The van der Waals surface area contributed by atoms with Gasteiger partial charge in [-0.2, -0.15) is 5.26 Å². The number of carbonyl (C=O) groups is 1. The summed E-state index contributed by atoms with van der Waals surface area (Å²) in [5, 5.41) is 10.6. The fourth-order valence-electron chi connectivity index (χ4n) is 4.62. The van der Waals surface area contributed by atoms with Crippen LogP contribution in [0.1, 0.15) is 22.4 Å². The van der Waals surface area contributed by atoms with Crippen molar-refractivity contribution in [3.05, 3.63) is 104 Å². The molecule has 2 aromatic carbocycles. The highest BCUT2D eigenvalue weighted by Gasteiger charge is 2.60. The summed E-state index contributed by atoms with van der Waals surface area (Å²) in [6.07, 6.45) is 0. The predicted octanol–water partition coefficient (Wildman–Crippen LogP) is 3.26. The molecule has 0 fully saturated rings. The van der Waals surface area contributed by atoms with Gasteiger partial charge in [-0.25, -0.2) is 0 Å². The molecule has 1 aromatic heterocycles. The van der Waals surface area contributed by atoms with Crippen molar-refractivity contribution in [3.8, 4) is 11.8 Å². The lowest BCUT2D eigenvalue weighted by atomic mass is 9.69. The summed E-state index contributed by atoms with van der Waals surface area (Å²) in [5.41, 5.74) is 6.31. The van der Waals surface area contributed by atoms with Gasteiger partial charge in [-0.3, -0.25) is 9.59 Å². The second kappa shape index (κ2) is 7.01. The number of halogens is 1. The van der Waals surface area contributed by atoms with E-state index in [9.17, 15) is 14.9 Å². The highest BCUT2D eigenvalue weighted by atomic mass is 35.5. The molecule has 2 aliphatic rings. The van der Waals surface area contributed by atoms with Crippen molar-refractivity contribution in [3.63, 3.8) is 0 Å². The normalized spacial score (nSPS) is 18.9. The molecule has 7 nitrogen and oxygen atoms in total. The lowest BCUT2D eigenvalue weighted by Crippen LogP contribution is -2.48. The number of amides is 1. The summed E-state index contributed by atoms with van der Waals surface area (Å²) in [6.45, 7) is 1.91. The van der Waals surface area contributed by atoms with Gasteiger partial charge in [0, 0.05) is 28.0 Å². The Labute approximate surface area is 188 Å². The van der Waals surface area contributed by atoms with Gasteiger partial charge in [-0.1, -0.05) is 41.9 Å². The van der Waals surface area contributed by atoms with Crippen LogP contribution in [0.15, 0.2) is 70.8 Å². The standard InChI is InChI=1S/C24H17ClN4O3/c1-13-9-19-20(22(30)28-13)24(17(11-26)21(27)32-19)16-7-2-3-8-18(16)29(23(24)31)12-14-5-4-6-15(25)10-14/h2-10H,12,27H2,1H3,(H,28,30). The molecule has 8 heteroatoms. The Morgan fingerprint density at radius 1 is 1.19 bits per heavy atom. The maximum atomic E-state index is 14.2. The minimum Gasteiger partial charge on any atom is -0.440 e. The van der Waals surface area contributed by atoms with Gasteiger partial charge in [-0.15, -0.1) is 0 Å². The van der Waals surface area contributed by atoms with E-state index >= 15 is 0 Å². The number of nitrogens with one attached hydrogen (secondary N) is 1. The summed E-state index contributed by atoms with van der Waals surface area (Å²) >= 11 is 6.14. The van der Waals surface area contributed by atoms with Gasteiger partial charge in [0.05, 0.1) is 12.1 Å². The summed E-state index contributed by atoms with van der Waals surface area (Å²) in [7, 11) is 0. The molecule has 5 rings (SSSR count). The number of fused-ring (bicyclic) bond motifs is 4. The van der Waals surface area contributed by atoms with Crippen molar-refractivity contribution in [2.45, 2.75) is 18.9 Å². The van der Waals surface area contributed by atoms with Crippen LogP contribution in [0.4, 0.5) is 5.69 Å². The first kappa shape index (κ1) is 19.9. The highest BCUT2D eigenvalue weighted by molar-refractivity contribution is 6.30. The first-order valence-electron chi connectivity index (χ1n) is 9.86. The van der Waals surface area contributed by atoms with E-state index in [1.165, 1.54) is 0 Å². The lowest BCUT2D eigenvalue weighted by Gasteiger charge is -2.33. The zero-order valence-corrected chi connectivity index (χ0v) is 17.7. The number of hydrogen-bond donors (Lipinski definition) is 2. The first-order valence-corrected chi connectivity index (χ1v) is 10.2. The van der Waals surface area contributed by atoms with Crippen molar-refractivity contribution in [1.82, 2.24) is 4.98 Å². The third kappa shape index (κ3) is 2.60. The van der Waals surface area contributed by atoms with E-state index in [1.807, 2.05) is 12.1 Å². The number of ether oxygens (including phenoxy) is 1. The number of aryl methyl sites for hydroxylation is 1. The molecule has 32 heavy (non-hydrogen) atoms. The number of aromatic nitrogens is 1. The van der Waals surface area contributed by atoms with Crippen molar-refractivity contribution >= 4 is 23.2 Å². The number of nitrogens with zero attached hydrogens (tertiary/aromatic N) is 2. The van der Waals surface area contributed by atoms with Gasteiger partial charge < -0.3 is 20.4 Å². The molecule has 1 atom stereocenters. The largest absolute Gasteiger partial charge is 0.440 e. The fourth-order valence-corrected chi connectivity index (χ4v) is 4.84. The number of H-pyrrole nitrogens is 1. The van der Waals surface area contributed by atoms with Crippen molar-refractivity contribution in [2.24, 2.45) is 5.73 Å². The molecule has 1 amide bonds. The summed E-state index contributed by atoms with van der Waals surface area (Å²) in [6, 6.07) is 17.9. The van der Waals surface area contributed by atoms with Gasteiger partial charge in [0.15, 0.2) is 5.41 Å².